The van der Waals surface area contributed by atoms with E-state index in [4.69, 9.17) is 19.3 Å². The van der Waals surface area contributed by atoms with Crippen molar-refractivity contribution in [2.24, 2.45) is 0 Å². The van der Waals surface area contributed by atoms with Crippen LogP contribution in [-0.4, -0.2) is 80.1 Å². The number of benzene rings is 2. The number of carbonyl (C=O) groups excluding carboxylic acids is 2. The van der Waals surface area contributed by atoms with E-state index in [1.807, 2.05) is 36.4 Å². The number of fused-ring (bicyclic) bond motifs is 3. The van der Waals surface area contributed by atoms with Crippen LogP contribution in [0.25, 0.3) is 11.1 Å². The van der Waals surface area contributed by atoms with E-state index < -0.39 is 30.1 Å². The zero-order valence-electron chi connectivity index (χ0n) is 18.9. The highest BCUT2D eigenvalue weighted by molar-refractivity contribution is 5.86. The van der Waals surface area contributed by atoms with Crippen molar-refractivity contribution in [3.8, 4) is 11.1 Å². The fourth-order valence-corrected chi connectivity index (χ4v) is 4.64. The van der Waals surface area contributed by atoms with Gasteiger partial charge in [-0.25, -0.2) is 4.79 Å². The molecule has 180 valence electrons. The topological polar surface area (TPSA) is 114 Å². The molecule has 1 aliphatic carbocycles. The number of nitrogens with one attached hydrogen (secondary N) is 1. The van der Waals surface area contributed by atoms with E-state index in [0.717, 1.165) is 22.3 Å². The van der Waals surface area contributed by atoms with Gasteiger partial charge in [0.25, 0.3) is 0 Å². The third-order valence-electron chi connectivity index (χ3n) is 6.19. The average molecular weight is 469 g/mol. The lowest BCUT2D eigenvalue weighted by Crippen LogP contribution is -2.57. The summed E-state index contributed by atoms with van der Waals surface area (Å²) in [4.78, 5) is 38.4. The minimum Gasteiger partial charge on any atom is -0.481 e. The molecule has 0 radical (unpaired) electrons. The van der Waals surface area contributed by atoms with E-state index in [-0.39, 0.29) is 38.7 Å². The van der Waals surface area contributed by atoms with Crippen molar-refractivity contribution in [1.29, 1.82) is 0 Å². The van der Waals surface area contributed by atoms with Crippen LogP contribution in [0.1, 0.15) is 23.5 Å². The van der Waals surface area contributed by atoms with Gasteiger partial charge >= 0.3 is 12.1 Å². The maximum atomic E-state index is 13.1. The summed E-state index contributed by atoms with van der Waals surface area (Å²) in [5.41, 5.74) is 4.42. The number of hydrogen-bond acceptors (Lipinski definition) is 6. The highest BCUT2D eigenvalue weighted by atomic mass is 16.5. The van der Waals surface area contributed by atoms with Gasteiger partial charge in [-0.15, -0.1) is 0 Å². The predicted octanol–water partition coefficient (Wildman–Crippen LogP) is 2.24. The lowest BCUT2D eigenvalue weighted by molar-refractivity contribution is -0.148. The maximum absolute atomic E-state index is 13.1. The fourth-order valence-electron chi connectivity index (χ4n) is 4.64. The minimum atomic E-state index is -1.03. The molecule has 0 aromatic heterocycles. The second kappa shape index (κ2) is 10.7. The lowest BCUT2D eigenvalue weighted by Gasteiger charge is -2.36. The van der Waals surface area contributed by atoms with E-state index in [1.165, 1.54) is 12.0 Å². The van der Waals surface area contributed by atoms with Crippen molar-refractivity contribution in [1.82, 2.24) is 10.2 Å². The van der Waals surface area contributed by atoms with Gasteiger partial charge in [-0.3, -0.25) is 9.59 Å². The third kappa shape index (κ3) is 5.05. The molecule has 2 aliphatic rings. The Balaban J connectivity index is 1.42. The molecule has 2 amide bonds. The molecule has 0 saturated carbocycles. The monoisotopic (exact) mass is 468 g/mol. The van der Waals surface area contributed by atoms with Gasteiger partial charge in [-0.2, -0.15) is 0 Å². The number of morpholine rings is 1. The highest BCUT2D eigenvalue weighted by Crippen LogP contribution is 2.44. The van der Waals surface area contributed by atoms with Crippen LogP contribution < -0.4 is 5.32 Å². The number of nitrogens with zero attached hydrogens (tertiary/aromatic N) is 1. The van der Waals surface area contributed by atoms with Gasteiger partial charge in [0.2, 0.25) is 5.91 Å². The molecule has 2 aromatic carbocycles. The van der Waals surface area contributed by atoms with Crippen LogP contribution in [0, 0.1) is 0 Å². The van der Waals surface area contributed by atoms with Crippen molar-refractivity contribution in [3.05, 3.63) is 59.7 Å². The van der Waals surface area contributed by atoms with E-state index in [2.05, 4.69) is 17.4 Å². The summed E-state index contributed by atoms with van der Waals surface area (Å²) in [6.07, 6.45) is -0.976. The second-order valence-electron chi connectivity index (χ2n) is 8.34. The van der Waals surface area contributed by atoms with Crippen LogP contribution in [0.15, 0.2) is 48.5 Å². The Morgan fingerprint density at radius 3 is 2.38 bits per heavy atom. The van der Waals surface area contributed by atoms with Crippen LogP contribution >= 0.6 is 0 Å². The molecule has 2 N–H and O–H groups in total. The van der Waals surface area contributed by atoms with Crippen LogP contribution in [0.5, 0.6) is 0 Å². The van der Waals surface area contributed by atoms with Gasteiger partial charge in [0.1, 0.15) is 12.6 Å². The van der Waals surface area contributed by atoms with E-state index in [1.54, 1.807) is 0 Å². The second-order valence-corrected chi connectivity index (χ2v) is 8.34. The minimum absolute atomic E-state index is 0.0693. The first kappa shape index (κ1) is 23.7. The predicted molar refractivity (Wildman–Crippen MR) is 122 cm³/mol. The number of carboxylic acids is 1. The van der Waals surface area contributed by atoms with E-state index in [0.29, 0.717) is 6.61 Å². The van der Waals surface area contributed by atoms with Gasteiger partial charge in [0, 0.05) is 19.6 Å². The molecule has 1 unspecified atom stereocenters. The number of alkyl carbamates (subject to hydrolysis) is 1. The molecule has 0 bridgehead atoms. The van der Waals surface area contributed by atoms with Crippen molar-refractivity contribution in [2.75, 3.05) is 40.1 Å². The third-order valence-corrected chi connectivity index (χ3v) is 6.19. The maximum Gasteiger partial charge on any atom is 0.407 e. The number of amides is 2. The van der Waals surface area contributed by atoms with Crippen molar-refractivity contribution >= 4 is 18.0 Å². The molecule has 9 nitrogen and oxygen atoms in total. The zero-order valence-corrected chi connectivity index (χ0v) is 18.9. The molecular weight excluding hydrogens is 440 g/mol. The number of aliphatic carboxylic acids is 1. The smallest absolute Gasteiger partial charge is 0.407 e. The normalized spacial score (nSPS) is 18.0. The number of rotatable bonds is 8. The summed E-state index contributed by atoms with van der Waals surface area (Å²) in [7, 11) is 1.42. The SMILES string of the molecule is COC[C@H](NC(=O)OCC1c2ccccc2-c2ccccc21)C(=O)N1CCOCC1CC(=O)O. The number of ether oxygens (including phenoxy) is 3. The zero-order chi connectivity index (χ0) is 24.1. The first-order valence-corrected chi connectivity index (χ1v) is 11.2. The van der Waals surface area contributed by atoms with E-state index >= 15 is 0 Å². The number of carboxylic acid groups (broad SMARTS) is 1. The summed E-state index contributed by atoms with van der Waals surface area (Å²) < 4.78 is 16.0. The number of hydrogen-bond donors (Lipinski definition) is 2. The van der Waals surface area contributed by atoms with E-state index in [9.17, 15) is 14.4 Å². The van der Waals surface area contributed by atoms with Crippen LogP contribution in [0.4, 0.5) is 4.79 Å². The first-order valence-electron chi connectivity index (χ1n) is 11.2. The van der Waals surface area contributed by atoms with Crippen LogP contribution in [-0.2, 0) is 23.8 Å². The Morgan fingerprint density at radius 2 is 1.76 bits per heavy atom. The lowest BCUT2D eigenvalue weighted by atomic mass is 9.98. The molecular formula is C25H28N2O7. The standard InChI is InChI=1S/C25H28N2O7/c1-32-15-22(24(30)27-10-11-33-13-16(27)12-23(28)29)26-25(31)34-14-21-19-8-4-2-6-17(19)18-7-3-5-9-20(18)21/h2-9,16,21-22H,10-15H2,1H3,(H,26,31)(H,28,29)/t16?,22-/m0/s1. The molecule has 9 heteroatoms. The molecule has 1 heterocycles. The molecule has 1 fully saturated rings. The van der Waals surface area contributed by atoms with Crippen LogP contribution in [0.2, 0.25) is 0 Å². The van der Waals surface area contributed by atoms with Gasteiger partial charge in [-0.1, -0.05) is 48.5 Å². The van der Waals surface area contributed by atoms with Crippen molar-refractivity contribution < 1.29 is 33.7 Å². The van der Waals surface area contributed by atoms with Gasteiger partial charge in [0.15, 0.2) is 0 Å². The Bertz CT molecular complexity index is 1010. The number of methoxy groups -OCH3 is 1. The highest BCUT2D eigenvalue weighted by Gasteiger charge is 2.35. The van der Waals surface area contributed by atoms with Crippen LogP contribution in [0.3, 0.4) is 0 Å². The van der Waals surface area contributed by atoms with Gasteiger partial charge in [-0.05, 0) is 22.3 Å². The molecule has 4 rings (SSSR count). The average Bonchev–Trinajstić information content (AvgIpc) is 3.16. The summed E-state index contributed by atoms with van der Waals surface area (Å²) in [6, 6.07) is 14.4. The Hall–Kier alpha value is -3.43. The summed E-state index contributed by atoms with van der Waals surface area (Å²) in [5.74, 6) is -1.56. The summed E-state index contributed by atoms with van der Waals surface area (Å²) in [6.45, 7) is 0.714. The molecule has 1 saturated heterocycles. The largest absolute Gasteiger partial charge is 0.481 e. The number of carbonyl (C=O) groups is 3. The molecule has 2 atom stereocenters. The van der Waals surface area contributed by atoms with Crippen molar-refractivity contribution in [3.63, 3.8) is 0 Å². The van der Waals surface area contributed by atoms with Crippen molar-refractivity contribution in [2.45, 2.75) is 24.4 Å². The quantitative estimate of drug-likeness (QED) is 0.611. The molecule has 0 spiro atoms. The Kier molecular flexibility index (Phi) is 7.44. The molecule has 2 aromatic rings. The Morgan fingerprint density at radius 1 is 1.12 bits per heavy atom. The molecule has 34 heavy (non-hydrogen) atoms. The van der Waals surface area contributed by atoms with Gasteiger partial charge < -0.3 is 29.5 Å². The summed E-state index contributed by atoms with van der Waals surface area (Å²) in [5, 5.41) is 11.8. The first-order chi connectivity index (χ1) is 16.5. The van der Waals surface area contributed by atoms with Gasteiger partial charge in [0.05, 0.1) is 32.3 Å². The Labute approximate surface area is 197 Å². The molecule has 1 aliphatic heterocycles. The summed E-state index contributed by atoms with van der Waals surface area (Å²) >= 11 is 0. The fraction of sp³-hybridized carbons (Fsp3) is 0.400.